The zero-order chi connectivity index (χ0) is 32.3. The van der Waals surface area contributed by atoms with Gasteiger partial charge in [-0.25, -0.2) is 15.0 Å². The van der Waals surface area contributed by atoms with Crippen molar-refractivity contribution in [3.63, 3.8) is 0 Å². The van der Waals surface area contributed by atoms with E-state index in [9.17, 15) is 0 Å². The molecule has 0 saturated heterocycles. The fourth-order valence-corrected chi connectivity index (χ4v) is 7.05. The predicted octanol–water partition coefficient (Wildman–Crippen LogP) is 11.3. The Balaban J connectivity index is 1.17. The monoisotopic (exact) mass is 626 g/mol. The van der Waals surface area contributed by atoms with Gasteiger partial charge in [0.05, 0.1) is 0 Å². The van der Waals surface area contributed by atoms with Gasteiger partial charge in [0.2, 0.25) is 0 Å². The molecule has 0 aliphatic rings. The van der Waals surface area contributed by atoms with Gasteiger partial charge in [0.15, 0.2) is 17.5 Å². The third kappa shape index (κ3) is 4.55. The molecule has 3 heterocycles. The molecule has 0 aliphatic heterocycles. The van der Waals surface area contributed by atoms with Crippen LogP contribution in [0.1, 0.15) is 0 Å². The van der Waals surface area contributed by atoms with E-state index >= 15 is 0 Å². The van der Waals surface area contributed by atoms with E-state index in [0.29, 0.717) is 17.5 Å². The minimum absolute atomic E-state index is 0.615. The first kappa shape index (κ1) is 27.4. The van der Waals surface area contributed by atoms with Crippen molar-refractivity contribution in [1.29, 1.82) is 0 Å². The maximum atomic E-state index is 6.20. The van der Waals surface area contributed by atoms with Crippen LogP contribution in [0, 0.1) is 0 Å². The van der Waals surface area contributed by atoms with E-state index in [1.54, 1.807) is 0 Å². The van der Waals surface area contributed by atoms with Crippen LogP contribution in [0.3, 0.4) is 0 Å². The quantitative estimate of drug-likeness (QED) is 0.182. The Kier molecular flexibility index (Phi) is 6.11. The number of pyridine rings is 1. The zero-order valence-electron chi connectivity index (χ0n) is 26.2. The molecule has 5 heteroatoms. The standard InChI is InChI=1S/C44H26N4O/c1-2-8-29(9-3-1)42-46-43(31-11-6-10-30(24-31)34-13-7-15-39-41(34)36-12-4-5-14-38(36)49-39)48-44(47-42)32-20-17-27-16-18-28-19-21-33-26-45-23-22-35(33)40(28)37(27)25-32/h1-26H. The van der Waals surface area contributed by atoms with Crippen molar-refractivity contribution >= 4 is 54.3 Å². The second-order valence-electron chi connectivity index (χ2n) is 12.3. The molecule has 0 spiro atoms. The number of hydrogen-bond donors (Lipinski definition) is 0. The Hall–Kier alpha value is -6.72. The molecule has 3 aromatic heterocycles. The Morgan fingerprint density at radius 2 is 1.04 bits per heavy atom. The summed E-state index contributed by atoms with van der Waals surface area (Å²) in [6.45, 7) is 0. The molecule has 49 heavy (non-hydrogen) atoms. The Bertz CT molecular complexity index is 2890. The molecule has 10 aromatic rings. The van der Waals surface area contributed by atoms with E-state index in [1.165, 1.54) is 16.2 Å². The highest BCUT2D eigenvalue weighted by atomic mass is 16.3. The zero-order valence-corrected chi connectivity index (χ0v) is 26.2. The van der Waals surface area contributed by atoms with Crippen LogP contribution in [0.25, 0.3) is 99.5 Å². The van der Waals surface area contributed by atoms with Gasteiger partial charge >= 0.3 is 0 Å². The average molecular weight is 627 g/mol. The molecule has 0 atom stereocenters. The van der Waals surface area contributed by atoms with Gasteiger partial charge in [0.25, 0.3) is 0 Å². The molecule has 0 N–H and O–H groups in total. The second-order valence-corrected chi connectivity index (χ2v) is 12.3. The summed E-state index contributed by atoms with van der Waals surface area (Å²) < 4.78 is 6.20. The van der Waals surface area contributed by atoms with Crippen LogP contribution >= 0.6 is 0 Å². The predicted molar refractivity (Wildman–Crippen MR) is 199 cm³/mol. The molecule has 0 radical (unpaired) electrons. The molecule has 0 bridgehead atoms. The fraction of sp³-hybridized carbons (Fsp3) is 0. The summed E-state index contributed by atoms with van der Waals surface area (Å²) in [4.78, 5) is 19.6. The van der Waals surface area contributed by atoms with Crippen LogP contribution in [0.2, 0.25) is 0 Å². The molecular weight excluding hydrogens is 601 g/mol. The summed E-state index contributed by atoms with van der Waals surface area (Å²) in [5.74, 6) is 1.87. The minimum atomic E-state index is 0.615. The van der Waals surface area contributed by atoms with Gasteiger partial charge in [-0.15, -0.1) is 0 Å². The molecule has 0 saturated carbocycles. The molecular formula is C44H26N4O. The highest BCUT2D eigenvalue weighted by Crippen LogP contribution is 2.38. The number of rotatable bonds is 4. The SMILES string of the molecule is c1ccc(-c2nc(-c3cccc(-c4cccc5oc6ccccc6c45)c3)nc(-c3ccc4ccc5ccc6cnccc6c5c4c3)n2)cc1. The maximum Gasteiger partial charge on any atom is 0.164 e. The summed E-state index contributed by atoms with van der Waals surface area (Å²) in [6, 6.07) is 50.2. The van der Waals surface area contributed by atoms with Crippen LogP contribution in [0.4, 0.5) is 0 Å². The van der Waals surface area contributed by atoms with Crippen molar-refractivity contribution in [2.24, 2.45) is 0 Å². The molecule has 7 aromatic carbocycles. The lowest BCUT2D eigenvalue weighted by Crippen LogP contribution is -2.00. The number of furan rings is 1. The lowest BCUT2D eigenvalue weighted by molar-refractivity contribution is 0.669. The van der Waals surface area contributed by atoms with E-state index in [0.717, 1.165) is 65.9 Å². The van der Waals surface area contributed by atoms with Gasteiger partial charge in [0, 0.05) is 45.2 Å². The van der Waals surface area contributed by atoms with Crippen LogP contribution in [-0.4, -0.2) is 19.9 Å². The van der Waals surface area contributed by atoms with Gasteiger partial charge in [0.1, 0.15) is 11.2 Å². The average Bonchev–Trinajstić information content (AvgIpc) is 3.57. The van der Waals surface area contributed by atoms with Gasteiger partial charge < -0.3 is 4.42 Å². The summed E-state index contributed by atoms with van der Waals surface area (Å²) in [6.07, 6.45) is 3.78. The summed E-state index contributed by atoms with van der Waals surface area (Å²) in [5.41, 5.74) is 6.69. The Morgan fingerprint density at radius 1 is 0.388 bits per heavy atom. The summed E-state index contributed by atoms with van der Waals surface area (Å²) >= 11 is 0. The minimum Gasteiger partial charge on any atom is -0.456 e. The summed E-state index contributed by atoms with van der Waals surface area (Å²) in [7, 11) is 0. The fourth-order valence-electron chi connectivity index (χ4n) is 7.05. The molecule has 228 valence electrons. The van der Waals surface area contributed by atoms with E-state index in [1.807, 2.05) is 67.0 Å². The highest BCUT2D eigenvalue weighted by molar-refractivity contribution is 6.20. The van der Waals surface area contributed by atoms with E-state index in [2.05, 4.69) is 96.0 Å². The lowest BCUT2D eigenvalue weighted by Gasteiger charge is -2.12. The second kappa shape index (κ2) is 10.9. The molecule has 0 amide bonds. The number of hydrogen-bond acceptors (Lipinski definition) is 5. The van der Waals surface area contributed by atoms with Gasteiger partial charge in [-0.3, -0.25) is 4.98 Å². The number of benzene rings is 7. The van der Waals surface area contributed by atoms with E-state index < -0.39 is 0 Å². The van der Waals surface area contributed by atoms with Crippen molar-refractivity contribution in [2.45, 2.75) is 0 Å². The number of fused-ring (bicyclic) bond motifs is 8. The van der Waals surface area contributed by atoms with Gasteiger partial charge in [-0.1, -0.05) is 115 Å². The van der Waals surface area contributed by atoms with E-state index in [-0.39, 0.29) is 0 Å². The molecule has 0 aliphatic carbocycles. The van der Waals surface area contributed by atoms with Gasteiger partial charge in [-0.05, 0) is 68.4 Å². The van der Waals surface area contributed by atoms with Crippen molar-refractivity contribution in [3.05, 3.63) is 158 Å². The van der Waals surface area contributed by atoms with Crippen LogP contribution in [0.5, 0.6) is 0 Å². The van der Waals surface area contributed by atoms with Crippen LogP contribution in [-0.2, 0) is 0 Å². The molecule has 10 rings (SSSR count). The largest absolute Gasteiger partial charge is 0.456 e. The third-order valence-electron chi connectivity index (χ3n) is 9.38. The normalized spacial score (nSPS) is 11.7. The first-order chi connectivity index (χ1) is 24.3. The molecule has 0 unspecified atom stereocenters. The first-order valence-electron chi connectivity index (χ1n) is 16.3. The number of nitrogens with zero attached hydrogens (tertiary/aromatic N) is 4. The molecule has 0 fully saturated rings. The maximum absolute atomic E-state index is 6.20. The third-order valence-corrected chi connectivity index (χ3v) is 9.38. The number of para-hydroxylation sites is 1. The van der Waals surface area contributed by atoms with Crippen molar-refractivity contribution in [3.8, 4) is 45.3 Å². The Labute approximate surface area is 281 Å². The van der Waals surface area contributed by atoms with Crippen molar-refractivity contribution in [2.75, 3.05) is 0 Å². The van der Waals surface area contributed by atoms with Crippen molar-refractivity contribution < 1.29 is 4.42 Å². The smallest absolute Gasteiger partial charge is 0.164 e. The topological polar surface area (TPSA) is 64.7 Å². The van der Waals surface area contributed by atoms with E-state index in [4.69, 9.17) is 19.4 Å². The van der Waals surface area contributed by atoms with Crippen LogP contribution < -0.4 is 0 Å². The van der Waals surface area contributed by atoms with Gasteiger partial charge in [-0.2, -0.15) is 0 Å². The molecule has 5 nitrogen and oxygen atoms in total. The first-order valence-corrected chi connectivity index (χ1v) is 16.3. The van der Waals surface area contributed by atoms with Crippen molar-refractivity contribution in [1.82, 2.24) is 19.9 Å². The lowest BCUT2D eigenvalue weighted by atomic mass is 9.96. The summed E-state index contributed by atoms with van der Waals surface area (Å²) in [5, 5.41) is 9.18. The Morgan fingerprint density at radius 3 is 1.92 bits per heavy atom. The van der Waals surface area contributed by atoms with Crippen LogP contribution in [0.15, 0.2) is 162 Å². The number of aromatic nitrogens is 4. The highest BCUT2D eigenvalue weighted by Gasteiger charge is 2.16.